The topological polar surface area (TPSA) is 115 Å². The second-order valence-electron chi connectivity index (χ2n) is 15.4. The summed E-state index contributed by atoms with van der Waals surface area (Å²) in [6.07, 6.45) is 2.83. The van der Waals surface area contributed by atoms with Crippen molar-refractivity contribution in [3.05, 3.63) is 89.5 Å². The number of alkyl carbamates (subject to hydrolysis) is 1. The average Bonchev–Trinajstić information content (AvgIpc) is 3.41. The van der Waals surface area contributed by atoms with Gasteiger partial charge in [0, 0.05) is 65.2 Å². The smallest absolute Gasteiger partial charge is 0.408 e. The number of carbonyl (C=O) groups excluding carboxylic acids is 3. The fourth-order valence-electron chi connectivity index (χ4n) is 5.98. The number of carbonyl (C=O) groups is 3. The Labute approximate surface area is 306 Å². The van der Waals surface area contributed by atoms with Crippen LogP contribution in [0.4, 0.5) is 9.18 Å². The van der Waals surface area contributed by atoms with Gasteiger partial charge in [-0.2, -0.15) is 0 Å². The zero-order chi connectivity index (χ0) is 37.6. The van der Waals surface area contributed by atoms with Crippen molar-refractivity contribution >= 4 is 37.0 Å². The third kappa shape index (κ3) is 10.2. The standard InChI is InChI=1S/C39H50FN5O6Si/c1-27-25-45(26-49-21-22-52(5,6)7)35-34(27)33(15-16-41-35)50-32-14-13-28(23-30(32)40)24-31(42-38(48)51-39(2,3)4)37(47)44-19-17-43(18-20-44)36(46)29-11-9-8-10-12-29/h8-16,23,25,31H,17-22,24,26H2,1-7H3,(H,42,48)/t31-/m0/s1. The van der Waals surface area contributed by atoms with Crippen LogP contribution in [-0.2, 0) is 27.4 Å². The first-order valence-corrected chi connectivity index (χ1v) is 21.4. The number of nitrogens with one attached hydrogen (secondary N) is 1. The molecule has 52 heavy (non-hydrogen) atoms. The van der Waals surface area contributed by atoms with Crippen molar-refractivity contribution in [2.24, 2.45) is 0 Å². The van der Waals surface area contributed by atoms with Gasteiger partial charge in [0.25, 0.3) is 5.91 Å². The van der Waals surface area contributed by atoms with Crippen LogP contribution in [0.25, 0.3) is 11.0 Å². The van der Waals surface area contributed by atoms with Crippen LogP contribution in [0.1, 0.15) is 42.3 Å². The first-order valence-electron chi connectivity index (χ1n) is 17.7. The maximum absolute atomic E-state index is 15.7. The summed E-state index contributed by atoms with van der Waals surface area (Å²) in [6.45, 7) is 16.4. The highest BCUT2D eigenvalue weighted by atomic mass is 28.3. The molecule has 3 heterocycles. The molecule has 11 nitrogen and oxygen atoms in total. The Morgan fingerprint density at radius 3 is 2.31 bits per heavy atom. The number of nitrogens with zero attached hydrogens (tertiary/aromatic N) is 4. The molecule has 0 spiro atoms. The Morgan fingerprint density at radius 1 is 0.962 bits per heavy atom. The van der Waals surface area contributed by atoms with Crippen molar-refractivity contribution < 1.29 is 33.0 Å². The quantitative estimate of drug-likeness (QED) is 0.123. The van der Waals surface area contributed by atoms with Gasteiger partial charge in [-0.05, 0) is 75.2 Å². The predicted molar refractivity (Wildman–Crippen MR) is 201 cm³/mol. The van der Waals surface area contributed by atoms with Gasteiger partial charge in [-0.15, -0.1) is 0 Å². The lowest BCUT2D eigenvalue weighted by Crippen LogP contribution is -2.56. The maximum atomic E-state index is 15.7. The number of fused-ring (bicyclic) bond motifs is 1. The van der Waals surface area contributed by atoms with Crippen LogP contribution in [0.5, 0.6) is 11.5 Å². The van der Waals surface area contributed by atoms with Gasteiger partial charge in [0.15, 0.2) is 11.6 Å². The van der Waals surface area contributed by atoms with Gasteiger partial charge < -0.3 is 33.9 Å². The van der Waals surface area contributed by atoms with Crippen LogP contribution in [0.15, 0.2) is 67.0 Å². The maximum Gasteiger partial charge on any atom is 0.408 e. The monoisotopic (exact) mass is 731 g/mol. The summed E-state index contributed by atoms with van der Waals surface area (Å²) in [5.41, 5.74) is 1.88. The second-order valence-corrected chi connectivity index (χ2v) is 21.0. The number of aryl methyl sites for hydroxylation is 1. The minimum absolute atomic E-state index is 0.0111. The average molecular weight is 732 g/mol. The molecular weight excluding hydrogens is 682 g/mol. The largest absolute Gasteiger partial charge is 0.453 e. The summed E-state index contributed by atoms with van der Waals surface area (Å²) in [5.74, 6) is -0.597. The number of benzene rings is 2. The lowest BCUT2D eigenvalue weighted by atomic mass is 10.0. The van der Waals surface area contributed by atoms with Gasteiger partial charge in [-0.1, -0.05) is 43.9 Å². The molecule has 1 fully saturated rings. The summed E-state index contributed by atoms with van der Waals surface area (Å²) in [6, 6.07) is 15.2. The third-order valence-electron chi connectivity index (χ3n) is 8.68. The Morgan fingerprint density at radius 2 is 1.65 bits per heavy atom. The second kappa shape index (κ2) is 16.3. The van der Waals surface area contributed by atoms with Crippen molar-refractivity contribution in [1.82, 2.24) is 24.7 Å². The van der Waals surface area contributed by atoms with Gasteiger partial charge in [0.2, 0.25) is 5.91 Å². The van der Waals surface area contributed by atoms with E-state index in [0.717, 1.165) is 17.0 Å². The molecule has 2 aromatic heterocycles. The van der Waals surface area contributed by atoms with E-state index >= 15 is 4.39 Å². The number of rotatable bonds is 12. The van der Waals surface area contributed by atoms with Crippen molar-refractivity contribution in [3.8, 4) is 11.5 Å². The normalized spacial score (nSPS) is 14.3. The van der Waals surface area contributed by atoms with Crippen molar-refractivity contribution in [1.29, 1.82) is 0 Å². The highest BCUT2D eigenvalue weighted by molar-refractivity contribution is 6.76. The van der Waals surface area contributed by atoms with E-state index in [1.807, 2.05) is 35.9 Å². The number of pyridine rings is 1. The van der Waals surface area contributed by atoms with Crippen LogP contribution in [0.2, 0.25) is 25.7 Å². The lowest BCUT2D eigenvalue weighted by molar-refractivity contribution is -0.135. The highest BCUT2D eigenvalue weighted by Gasteiger charge is 2.32. The molecule has 278 valence electrons. The van der Waals surface area contributed by atoms with Crippen LogP contribution >= 0.6 is 0 Å². The molecule has 13 heteroatoms. The Hall–Kier alpha value is -4.75. The summed E-state index contributed by atoms with van der Waals surface area (Å²) in [5, 5.41) is 3.46. The first-order chi connectivity index (χ1) is 24.6. The van der Waals surface area contributed by atoms with Gasteiger partial charge >= 0.3 is 6.09 Å². The van der Waals surface area contributed by atoms with E-state index in [2.05, 4.69) is 29.9 Å². The molecule has 4 aromatic rings. The molecule has 0 aliphatic carbocycles. The number of aromatic nitrogens is 2. The van der Waals surface area contributed by atoms with E-state index in [1.165, 1.54) is 12.1 Å². The van der Waals surface area contributed by atoms with Crippen molar-refractivity contribution in [2.75, 3.05) is 32.8 Å². The first kappa shape index (κ1) is 38.5. The molecule has 1 aliphatic rings. The number of hydrogen-bond donors (Lipinski definition) is 1. The predicted octanol–water partition coefficient (Wildman–Crippen LogP) is 7.01. The highest BCUT2D eigenvalue weighted by Crippen LogP contribution is 2.34. The van der Waals surface area contributed by atoms with Gasteiger partial charge in [-0.3, -0.25) is 9.59 Å². The molecule has 2 aromatic carbocycles. The van der Waals surface area contributed by atoms with Crippen molar-refractivity contribution in [3.63, 3.8) is 0 Å². The minimum atomic E-state index is -1.22. The fraction of sp³-hybridized carbons (Fsp3) is 0.436. The molecule has 0 bridgehead atoms. The van der Waals surface area contributed by atoms with Gasteiger partial charge in [0.05, 0.1) is 5.39 Å². The van der Waals surface area contributed by atoms with Crippen LogP contribution in [0.3, 0.4) is 0 Å². The molecule has 1 aliphatic heterocycles. The Kier molecular flexibility index (Phi) is 12.1. The number of amides is 3. The Bertz CT molecular complexity index is 1880. The molecule has 0 unspecified atom stereocenters. The zero-order valence-electron chi connectivity index (χ0n) is 31.2. The van der Waals surface area contributed by atoms with Crippen LogP contribution in [0, 0.1) is 12.7 Å². The molecule has 1 saturated heterocycles. The van der Waals surface area contributed by atoms with Gasteiger partial charge in [0.1, 0.15) is 29.8 Å². The molecular formula is C39H50FN5O6Si. The van der Waals surface area contributed by atoms with Crippen LogP contribution in [-0.4, -0.2) is 89.8 Å². The van der Waals surface area contributed by atoms with Crippen LogP contribution < -0.4 is 10.1 Å². The summed E-state index contributed by atoms with van der Waals surface area (Å²) >= 11 is 0. The van der Waals surface area contributed by atoms with E-state index in [4.69, 9.17) is 14.2 Å². The number of halogens is 1. The summed E-state index contributed by atoms with van der Waals surface area (Å²) in [4.78, 5) is 47.5. The number of hydrogen-bond acceptors (Lipinski definition) is 7. The zero-order valence-corrected chi connectivity index (χ0v) is 32.2. The summed E-state index contributed by atoms with van der Waals surface area (Å²) in [7, 11) is -1.22. The fourth-order valence-corrected chi connectivity index (χ4v) is 6.73. The van der Waals surface area contributed by atoms with E-state index in [-0.39, 0.29) is 37.1 Å². The molecule has 5 rings (SSSR count). The number of ether oxygens (including phenoxy) is 3. The van der Waals surface area contributed by atoms with E-state index in [1.54, 1.807) is 61.0 Å². The minimum Gasteiger partial charge on any atom is -0.453 e. The molecule has 0 saturated carbocycles. The molecule has 1 N–H and O–H groups in total. The van der Waals surface area contributed by atoms with Gasteiger partial charge in [-0.25, -0.2) is 14.2 Å². The SMILES string of the molecule is Cc1cn(COCC[Si](C)(C)C)c2nccc(Oc3ccc(C[C@H](NC(=O)OC(C)(C)C)C(=O)N4CCN(C(=O)c5ccccc5)CC4)cc3F)c12. The lowest BCUT2D eigenvalue weighted by Gasteiger charge is -2.36. The molecule has 3 amide bonds. The third-order valence-corrected chi connectivity index (χ3v) is 10.4. The Balaban J connectivity index is 1.28. The van der Waals surface area contributed by atoms with E-state index in [9.17, 15) is 14.4 Å². The van der Waals surface area contributed by atoms with E-state index in [0.29, 0.717) is 49.0 Å². The number of piperazine rings is 1. The van der Waals surface area contributed by atoms with Crippen molar-refractivity contribution in [2.45, 2.75) is 78.2 Å². The van der Waals surface area contributed by atoms with E-state index < -0.39 is 31.6 Å². The molecule has 0 radical (unpaired) electrons. The summed E-state index contributed by atoms with van der Waals surface area (Å²) < 4.78 is 35.1. The molecule has 1 atom stereocenters.